The van der Waals surface area contributed by atoms with E-state index in [1.54, 1.807) is 18.5 Å². The van der Waals surface area contributed by atoms with Gasteiger partial charge in [0.1, 0.15) is 11.0 Å². The number of anilines is 1. The van der Waals surface area contributed by atoms with Crippen LogP contribution in [0.25, 0.3) is 0 Å². The first-order valence-corrected chi connectivity index (χ1v) is 6.44. The van der Waals surface area contributed by atoms with Crippen LogP contribution in [0, 0.1) is 0 Å². The number of nitrogens with one attached hydrogen (secondary N) is 1. The van der Waals surface area contributed by atoms with Gasteiger partial charge in [0, 0.05) is 18.9 Å². The average molecular weight is 303 g/mol. The molecule has 2 aromatic rings. The van der Waals surface area contributed by atoms with E-state index in [0.717, 1.165) is 6.42 Å². The van der Waals surface area contributed by atoms with Crippen LogP contribution in [0.1, 0.15) is 5.56 Å². The lowest BCUT2D eigenvalue weighted by Crippen LogP contribution is -2.07. The summed E-state index contributed by atoms with van der Waals surface area (Å²) in [6, 6.07) is 5.50. The predicted molar refractivity (Wildman–Crippen MR) is 75.7 cm³/mol. The maximum Gasteiger partial charge on any atom is 0.150 e. The molecule has 3 nitrogen and oxygen atoms in total. The van der Waals surface area contributed by atoms with Gasteiger partial charge in [-0.05, 0) is 30.2 Å². The Hall–Kier alpha value is -1.03. The lowest BCUT2D eigenvalue weighted by atomic mass is 10.2. The number of nitrogens with zero attached hydrogens (tertiary/aromatic N) is 2. The van der Waals surface area contributed by atoms with E-state index < -0.39 is 0 Å². The minimum Gasteiger partial charge on any atom is -0.368 e. The standard InChI is InChI=1S/C12H10Cl3N3/c13-9-7-10(14)12(18-11(9)15)17-6-3-8-1-4-16-5-2-8/h1-2,4-5,7H,3,6H2,(H,17,18). The second kappa shape index (κ2) is 6.23. The average Bonchev–Trinajstić information content (AvgIpc) is 2.37. The van der Waals surface area contributed by atoms with Crippen LogP contribution in [-0.2, 0) is 6.42 Å². The van der Waals surface area contributed by atoms with Crippen molar-refractivity contribution < 1.29 is 0 Å². The van der Waals surface area contributed by atoms with Crippen LogP contribution in [0.4, 0.5) is 5.82 Å². The van der Waals surface area contributed by atoms with Crippen molar-refractivity contribution in [1.29, 1.82) is 0 Å². The van der Waals surface area contributed by atoms with Crippen molar-refractivity contribution in [2.24, 2.45) is 0 Å². The van der Waals surface area contributed by atoms with Gasteiger partial charge in [0.2, 0.25) is 0 Å². The van der Waals surface area contributed by atoms with Crippen LogP contribution in [-0.4, -0.2) is 16.5 Å². The van der Waals surface area contributed by atoms with Gasteiger partial charge in [-0.25, -0.2) is 4.98 Å². The molecule has 0 unspecified atom stereocenters. The molecule has 2 rings (SSSR count). The van der Waals surface area contributed by atoms with Gasteiger partial charge in [0.15, 0.2) is 0 Å². The van der Waals surface area contributed by atoms with E-state index in [0.29, 0.717) is 22.4 Å². The van der Waals surface area contributed by atoms with Crippen LogP contribution in [0.15, 0.2) is 30.6 Å². The Morgan fingerprint density at radius 3 is 2.50 bits per heavy atom. The van der Waals surface area contributed by atoms with E-state index in [2.05, 4.69) is 15.3 Å². The maximum atomic E-state index is 6.01. The third-order valence-corrected chi connectivity index (χ3v) is 3.30. The molecule has 2 aromatic heterocycles. The van der Waals surface area contributed by atoms with Crippen LogP contribution < -0.4 is 5.32 Å². The number of rotatable bonds is 4. The Morgan fingerprint density at radius 2 is 1.78 bits per heavy atom. The molecule has 0 aromatic carbocycles. The first-order valence-electron chi connectivity index (χ1n) is 5.31. The van der Waals surface area contributed by atoms with Crippen LogP contribution in [0.3, 0.4) is 0 Å². The van der Waals surface area contributed by atoms with Crippen molar-refractivity contribution >= 4 is 40.6 Å². The van der Waals surface area contributed by atoms with Crippen LogP contribution in [0.5, 0.6) is 0 Å². The Bertz CT molecular complexity index is 532. The molecule has 0 saturated heterocycles. The van der Waals surface area contributed by atoms with Gasteiger partial charge < -0.3 is 5.32 Å². The number of halogens is 3. The fraction of sp³-hybridized carbons (Fsp3) is 0.167. The van der Waals surface area contributed by atoms with Crippen molar-refractivity contribution in [3.63, 3.8) is 0 Å². The molecule has 0 bridgehead atoms. The number of hydrogen-bond acceptors (Lipinski definition) is 3. The van der Waals surface area contributed by atoms with Crippen LogP contribution >= 0.6 is 34.8 Å². The first kappa shape index (κ1) is 13.4. The SMILES string of the molecule is Clc1cc(Cl)c(NCCc2ccncc2)nc1Cl. The quantitative estimate of drug-likeness (QED) is 0.864. The van der Waals surface area contributed by atoms with E-state index in [1.165, 1.54) is 5.56 Å². The zero-order chi connectivity index (χ0) is 13.0. The van der Waals surface area contributed by atoms with Crippen molar-refractivity contribution in [3.05, 3.63) is 51.4 Å². The summed E-state index contributed by atoms with van der Waals surface area (Å²) in [5.74, 6) is 0.542. The molecule has 2 heterocycles. The lowest BCUT2D eigenvalue weighted by molar-refractivity contribution is 1.00. The fourth-order valence-electron chi connectivity index (χ4n) is 1.44. The molecule has 0 saturated carbocycles. The van der Waals surface area contributed by atoms with Gasteiger partial charge in [0.25, 0.3) is 0 Å². The van der Waals surface area contributed by atoms with Crippen molar-refractivity contribution in [1.82, 2.24) is 9.97 Å². The molecule has 0 amide bonds. The van der Waals surface area contributed by atoms with Crippen molar-refractivity contribution in [2.75, 3.05) is 11.9 Å². The first-order chi connectivity index (χ1) is 8.66. The Morgan fingerprint density at radius 1 is 1.06 bits per heavy atom. The summed E-state index contributed by atoms with van der Waals surface area (Å²) in [5.41, 5.74) is 1.19. The molecule has 0 aliphatic rings. The van der Waals surface area contributed by atoms with Crippen LogP contribution in [0.2, 0.25) is 15.2 Å². The summed E-state index contributed by atoms with van der Waals surface area (Å²) in [6.45, 7) is 0.703. The minimum atomic E-state index is 0.243. The van der Waals surface area contributed by atoms with Crippen molar-refractivity contribution in [3.8, 4) is 0 Å². The Kier molecular flexibility index (Phi) is 4.64. The van der Waals surface area contributed by atoms with E-state index in [9.17, 15) is 0 Å². The van der Waals surface area contributed by atoms with Gasteiger partial charge in [-0.3, -0.25) is 4.98 Å². The molecular weight excluding hydrogens is 293 g/mol. The summed E-state index contributed by atoms with van der Waals surface area (Å²) < 4.78 is 0. The summed E-state index contributed by atoms with van der Waals surface area (Å²) in [4.78, 5) is 8.04. The maximum absolute atomic E-state index is 6.01. The zero-order valence-corrected chi connectivity index (χ0v) is 11.6. The Balaban J connectivity index is 1.97. The lowest BCUT2D eigenvalue weighted by Gasteiger charge is -2.08. The second-order valence-corrected chi connectivity index (χ2v) is 4.80. The summed E-state index contributed by atoms with van der Waals surface area (Å²) in [6.07, 6.45) is 4.38. The number of hydrogen-bond donors (Lipinski definition) is 1. The zero-order valence-electron chi connectivity index (χ0n) is 9.33. The predicted octanol–water partition coefficient (Wildman–Crippen LogP) is 4.09. The number of aromatic nitrogens is 2. The molecule has 6 heteroatoms. The van der Waals surface area contributed by atoms with E-state index in [1.807, 2.05) is 12.1 Å². The van der Waals surface area contributed by atoms with Crippen molar-refractivity contribution in [2.45, 2.75) is 6.42 Å². The van der Waals surface area contributed by atoms with Gasteiger partial charge in [-0.1, -0.05) is 34.8 Å². The molecule has 0 spiro atoms. The molecule has 0 radical (unpaired) electrons. The highest BCUT2D eigenvalue weighted by Crippen LogP contribution is 2.28. The van der Waals surface area contributed by atoms with Gasteiger partial charge in [-0.2, -0.15) is 0 Å². The smallest absolute Gasteiger partial charge is 0.150 e. The third-order valence-electron chi connectivity index (χ3n) is 2.34. The van der Waals surface area contributed by atoms with Gasteiger partial charge >= 0.3 is 0 Å². The van der Waals surface area contributed by atoms with Gasteiger partial charge in [0.05, 0.1) is 10.0 Å². The molecule has 0 fully saturated rings. The highest BCUT2D eigenvalue weighted by molar-refractivity contribution is 6.42. The highest BCUT2D eigenvalue weighted by Gasteiger charge is 2.07. The number of pyridine rings is 2. The molecule has 1 N–H and O–H groups in total. The van der Waals surface area contributed by atoms with E-state index in [-0.39, 0.29) is 5.15 Å². The molecule has 94 valence electrons. The molecule has 0 aliphatic carbocycles. The second-order valence-electron chi connectivity index (χ2n) is 3.62. The summed E-state index contributed by atoms with van der Waals surface area (Å²) in [7, 11) is 0. The summed E-state index contributed by atoms with van der Waals surface area (Å²) >= 11 is 17.6. The molecular formula is C12H10Cl3N3. The molecule has 0 atom stereocenters. The van der Waals surface area contributed by atoms with Gasteiger partial charge in [-0.15, -0.1) is 0 Å². The highest BCUT2D eigenvalue weighted by atomic mass is 35.5. The van der Waals surface area contributed by atoms with E-state index in [4.69, 9.17) is 34.8 Å². The largest absolute Gasteiger partial charge is 0.368 e. The fourth-order valence-corrected chi connectivity index (χ4v) is 2.01. The topological polar surface area (TPSA) is 37.8 Å². The summed E-state index contributed by atoms with van der Waals surface area (Å²) in [5, 5.41) is 4.17. The molecule has 0 aliphatic heterocycles. The molecule has 18 heavy (non-hydrogen) atoms. The Labute approximate surface area is 120 Å². The monoisotopic (exact) mass is 301 g/mol. The third kappa shape index (κ3) is 3.48. The minimum absolute atomic E-state index is 0.243. The van der Waals surface area contributed by atoms with E-state index >= 15 is 0 Å². The normalized spacial score (nSPS) is 10.4.